The van der Waals surface area contributed by atoms with E-state index in [0.29, 0.717) is 0 Å². The molecule has 0 saturated carbocycles. The highest BCUT2D eigenvalue weighted by Gasteiger charge is 2.34. The summed E-state index contributed by atoms with van der Waals surface area (Å²) in [4.78, 5) is 0.150. The van der Waals surface area contributed by atoms with Gasteiger partial charge in [-0.05, 0) is 51.0 Å². The van der Waals surface area contributed by atoms with Crippen LogP contribution in [0.3, 0.4) is 0 Å². The minimum Gasteiger partial charge on any atom is -0.371 e. The molecule has 1 heterocycles. The maximum atomic E-state index is 12.8. The smallest absolute Gasteiger partial charge is 0.180 e. The topological polar surface area (TPSA) is 43.4 Å². The van der Waals surface area contributed by atoms with E-state index >= 15 is 0 Å². The van der Waals surface area contributed by atoms with Crippen LogP contribution in [-0.4, -0.2) is 25.9 Å². The molecular formula is C13H17FO3S. The molecule has 1 aliphatic rings. The van der Waals surface area contributed by atoms with Crippen LogP contribution >= 0.6 is 0 Å². The van der Waals surface area contributed by atoms with Crippen molar-refractivity contribution in [3.05, 3.63) is 30.1 Å². The van der Waals surface area contributed by atoms with Crippen LogP contribution in [0.4, 0.5) is 4.39 Å². The Morgan fingerprint density at radius 1 is 1.33 bits per heavy atom. The lowest BCUT2D eigenvalue weighted by atomic mass is 10.1. The maximum Gasteiger partial charge on any atom is 0.180 e. The molecule has 0 aromatic heterocycles. The number of halogens is 1. The quantitative estimate of drug-likeness (QED) is 0.794. The van der Waals surface area contributed by atoms with E-state index in [1.165, 1.54) is 12.1 Å². The second-order valence-corrected chi connectivity index (χ2v) is 7.31. The van der Waals surface area contributed by atoms with Gasteiger partial charge in [-0.15, -0.1) is 0 Å². The molecule has 0 spiro atoms. The second kappa shape index (κ2) is 4.63. The van der Waals surface area contributed by atoms with Gasteiger partial charge in [0.25, 0.3) is 0 Å². The highest BCUT2D eigenvalue weighted by atomic mass is 32.2. The average molecular weight is 272 g/mol. The third-order valence-electron chi connectivity index (χ3n) is 3.13. The molecule has 1 unspecified atom stereocenters. The Morgan fingerprint density at radius 3 is 2.44 bits per heavy atom. The first-order valence-electron chi connectivity index (χ1n) is 5.95. The number of benzene rings is 1. The molecule has 0 bridgehead atoms. The predicted octanol–water partition coefficient (Wildman–Crippen LogP) is 2.56. The number of ether oxygens (including phenoxy) is 1. The Labute approximate surface area is 107 Å². The molecular weight excluding hydrogens is 255 g/mol. The van der Waals surface area contributed by atoms with Crippen LogP contribution in [0.1, 0.15) is 26.7 Å². The van der Waals surface area contributed by atoms with Crippen molar-refractivity contribution in [2.24, 2.45) is 0 Å². The van der Waals surface area contributed by atoms with Crippen LogP contribution < -0.4 is 0 Å². The van der Waals surface area contributed by atoms with E-state index in [1.807, 2.05) is 13.8 Å². The molecule has 18 heavy (non-hydrogen) atoms. The molecule has 1 fully saturated rings. The largest absolute Gasteiger partial charge is 0.371 e. The summed E-state index contributed by atoms with van der Waals surface area (Å²) in [6.45, 7) is 3.91. The molecule has 1 saturated heterocycles. The maximum absolute atomic E-state index is 12.8. The normalized spacial score (nSPS) is 23.2. The first-order chi connectivity index (χ1) is 8.28. The molecule has 100 valence electrons. The van der Waals surface area contributed by atoms with Gasteiger partial charge in [0.05, 0.1) is 22.4 Å². The number of sulfone groups is 1. The summed E-state index contributed by atoms with van der Waals surface area (Å²) in [5, 5.41) is 0. The fourth-order valence-corrected chi connectivity index (χ4v) is 3.65. The van der Waals surface area contributed by atoms with E-state index < -0.39 is 15.7 Å². The lowest BCUT2D eigenvalue weighted by Crippen LogP contribution is -2.25. The summed E-state index contributed by atoms with van der Waals surface area (Å²) in [5.41, 5.74) is -0.247. The number of hydrogen-bond acceptors (Lipinski definition) is 3. The predicted molar refractivity (Wildman–Crippen MR) is 66.6 cm³/mol. The molecule has 0 radical (unpaired) electrons. The second-order valence-electron chi connectivity index (χ2n) is 5.27. The van der Waals surface area contributed by atoms with Gasteiger partial charge < -0.3 is 4.74 Å². The standard InChI is InChI=1S/C13H17FO3S/c1-13(2)8-7-11(17-13)9-18(15,16)12-5-3-10(14)4-6-12/h3-6,11H,7-9H2,1-2H3. The lowest BCUT2D eigenvalue weighted by Gasteiger charge is -2.19. The van der Waals surface area contributed by atoms with Crippen molar-refractivity contribution in [2.45, 2.75) is 43.3 Å². The van der Waals surface area contributed by atoms with Crippen molar-refractivity contribution in [3.8, 4) is 0 Å². The third kappa shape index (κ3) is 3.09. The summed E-state index contributed by atoms with van der Waals surface area (Å²) < 4.78 is 42.7. The van der Waals surface area contributed by atoms with E-state index in [0.717, 1.165) is 25.0 Å². The van der Waals surface area contributed by atoms with Crippen molar-refractivity contribution in [1.82, 2.24) is 0 Å². The Balaban J connectivity index is 2.11. The van der Waals surface area contributed by atoms with Gasteiger partial charge in [-0.2, -0.15) is 0 Å². The summed E-state index contributed by atoms with van der Waals surface area (Å²) in [6, 6.07) is 4.91. The van der Waals surface area contributed by atoms with Gasteiger partial charge in [0.15, 0.2) is 9.84 Å². The molecule has 1 aromatic rings. The van der Waals surface area contributed by atoms with Crippen LogP contribution in [-0.2, 0) is 14.6 Å². The minimum absolute atomic E-state index is 0.0396. The zero-order valence-electron chi connectivity index (χ0n) is 10.5. The van der Waals surface area contributed by atoms with Gasteiger partial charge in [0.1, 0.15) is 5.82 Å². The van der Waals surface area contributed by atoms with E-state index in [9.17, 15) is 12.8 Å². The van der Waals surface area contributed by atoms with Gasteiger partial charge in [-0.25, -0.2) is 12.8 Å². The monoisotopic (exact) mass is 272 g/mol. The van der Waals surface area contributed by atoms with Crippen molar-refractivity contribution < 1.29 is 17.5 Å². The third-order valence-corrected chi connectivity index (χ3v) is 4.93. The fourth-order valence-electron chi connectivity index (χ4n) is 2.18. The molecule has 3 nitrogen and oxygen atoms in total. The minimum atomic E-state index is -3.40. The van der Waals surface area contributed by atoms with Crippen LogP contribution in [0.15, 0.2) is 29.2 Å². The van der Waals surface area contributed by atoms with E-state index in [4.69, 9.17) is 4.74 Å². The molecule has 0 N–H and O–H groups in total. The first-order valence-corrected chi connectivity index (χ1v) is 7.60. The van der Waals surface area contributed by atoms with Crippen molar-refractivity contribution in [2.75, 3.05) is 5.75 Å². The Kier molecular flexibility index (Phi) is 3.47. The molecule has 0 amide bonds. The highest BCUT2D eigenvalue weighted by Crippen LogP contribution is 2.31. The van der Waals surface area contributed by atoms with E-state index in [-0.39, 0.29) is 22.4 Å². The molecule has 1 aromatic carbocycles. The van der Waals surface area contributed by atoms with E-state index in [2.05, 4.69) is 0 Å². The number of rotatable bonds is 3. The van der Waals surface area contributed by atoms with Crippen LogP contribution in [0.5, 0.6) is 0 Å². The van der Waals surface area contributed by atoms with E-state index in [1.54, 1.807) is 0 Å². The molecule has 2 rings (SSSR count). The number of hydrogen-bond donors (Lipinski definition) is 0. The lowest BCUT2D eigenvalue weighted by molar-refractivity contribution is -0.00527. The first kappa shape index (κ1) is 13.5. The van der Waals surface area contributed by atoms with Gasteiger partial charge in [-0.3, -0.25) is 0 Å². The Bertz CT molecular complexity index is 520. The Morgan fingerprint density at radius 2 is 1.94 bits per heavy atom. The van der Waals surface area contributed by atoms with Crippen LogP contribution in [0.25, 0.3) is 0 Å². The van der Waals surface area contributed by atoms with Gasteiger partial charge in [0, 0.05) is 0 Å². The molecule has 1 aliphatic heterocycles. The summed E-state index contributed by atoms with van der Waals surface area (Å²) in [6.07, 6.45) is 1.33. The zero-order valence-corrected chi connectivity index (χ0v) is 11.3. The molecule has 5 heteroatoms. The summed E-state index contributed by atoms with van der Waals surface area (Å²) >= 11 is 0. The molecule has 1 atom stereocenters. The molecule has 0 aliphatic carbocycles. The summed E-state index contributed by atoms with van der Waals surface area (Å²) in [7, 11) is -3.40. The highest BCUT2D eigenvalue weighted by molar-refractivity contribution is 7.91. The SMILES string of the molecule is CC1(C)CCC(CS(=O)(=O)c2ccc(F)cc2)O1. The van der Waals surface area contributed by atoms with Crippen molar-refractivity contribution in [1.29, 1.82) is 0 Å². The van der Waals surface area contributed by atoms with Gasteiger partial charge in [0.2, 0.25) is 0 Å². The fraction of sp³-hybridized carbons (Fsp3) is 0.538. The average Bonchev–Trinajstić information content (AvgIpc) is 2.57. The van der Waals surface area contributed by atoms with Crippen molar-refractivity contribution in [3.63, 3.8) is 0 Å². The van der Waals surface area contributed by atoms with Crippen molar-refractivity contribution >= 4 is 9.84 Å². The van der Waals surface area contributed by atoms with Crippen LogP contribution in [0, 0.1) is 5.82 Å². The Hall–Kier alpha value is -0.940. The van der Waals surface area contributed by atoms with Crippen LogP contribution in [0.2, 0.25) is 0 Å². The van der Waals surface area contributed by atoms with Gasteiger partial charge >= 0.3 is 0 Å². The summed E-state index contributed by atoms with van der Waals surface area (Å²) in [5.74, 6) is -0.477. The van der Waals surface area contributed by atoms with Gasteiger partial charge in [-0.1, -0.05) is 0 Å². The zero-order chi connectivity index (χ0) is 13.4.